The quantitative estimate of drug-likeness (QED) is 0.558. The van der Waals surface area contributed by atoms with Gasteiger partial charge in [-0.25, -0.2) is 0 Å². The van der Waals surface area contributed by atoms with Crippen LogP contribution >= 0.6 is 0 Å². The van der Waals surface area contributed by atoms with E-state index in [9.17, 15) is 4.79 Å². The summed E-state index contributed by atoms with van der Waals surface area (Å²) >= 11 is 0. The molecular formula is C27H33N3O2. The van der Waals surface area contributed by atoms with Crippen LogP contribution in [0, 0.1) is 5.92 Å². The fourth-order valence-electron chi connectivity index (χ4n) is 5.30. The Morgan fingerprint density at radius 2 is 1.78 bits per heavy atom. The van der Waals surface area contributed by atoms with Crippen molar-refractivity contribution >= 4 is 16.7 Å². The lowest BCUT2D eigenvalue weighted by Gasteiger charge is -2.29. The SMILES string of the molecule is C[C@@H](Oc1cc(-c2ccc(C3CCN(C)CC3)cc2)cc2nn(C)cc12)[C@H]1CCC(=O)C1. The van der Waals surface area contributed by atoms with E-state index in [1.807, 2.05) is 17.9 Å². The molecule has 0 amide bonds. The molecule has 0 spiro atoms. The molecule has 0 N–H and O–H groups in total. The molecule has 5 heteroatoms. The second-order valence-corrected chi connectivity index (χ2v) is 9.77. The maximum atomic E-state index is 11.8. The van der Waals surface area contributed by atoms with E-state index in [1.54, 1.807) is 0 Å². The number of hydrogen-bond acceptors (Lipinski definition) is 4. The number of piperidine rings is 1. The van der Waals surface area contributed by atoms with Crippen molar-refractivity contribution in [1.82, 2.24) is 14.7 Å². The highest BCUT2D eigenvalue weighted by molar-refractivity contribution is 5.90. The third-order valence-corrected chi connectivity index (χ3v) is 7.40. The molecular weight excluding hydrogens is 398 g/mol. The van der Waals surface area contributed by atoms with E-state index < -0.39 is 0 Å². The predicted molar refractivity (Wildman–Crippen MR) is 128 cm³/mol. The van der Waals surface area contributed by atoms with Crippen LogP contribution in [-0.4, -0.2) is 46.7 Å². The van der Waals surface area contributed by atoms with Crippen LogP contribution in [0.5, 0.6) is 5.75 Å². The van der Waals surface area contributed by atoms with Crippen molar-refractivity contribution in [2.75, 3.05) is 20.1 Å². The minimum absolute atomic E-state index is 0.00640. The molecule has 1 saturated heterocycles. The smallest absolute Gasteiger partial charge is 0.133 e. The number of ketones is 1. The lowest BCUT2D eigenvalue weighted by Crippen LogP contribution is -2.29. The van der Waals surface area contributed by atoms with Gasteiger partial charge in [-0.1, -0.05) is 24.3 Å². The first-order valence-corrected chi connectivity index (χ1v) is 11.9. The number of carbonyl (C=O) groups is 1. The second kappa shape index (κ2) is 8.70. The van der Waals surface area contributed by atoms with Crippen LogP contribution in [-0.2, 0) is 11.8 Å². The molecule has 2 fully saturated rings. The van der Waals surface area contributed by atoms with Crippen LogP contribution in [0.3, 0.4) is 0 Å². The average molecular weight is 432 g/mol. The van der Waals surface area contributed by atoms with E-state index in [1.165, 1.54) is 37.1 Å². The van der Waals surface area contributed by atoms with Crippen LogP contribution in [0.1, 0.15) is 50.5 Å². The summed E-state index contributed by atoms with van der Waals surface area (Å²) in [6, 6.07) is 13.3. The molecule has 3 aromatic rings. The zero-order valence-electron chi connectivity index (χ0n) is 19.4. The summed E-state index contributed by atoms with van der Waals surface area (Å²) in [6.45, 7) is 4.44. The summed E-state index contributed by atoms with van der Waals surface area (Å²) in [5.74, 6) is 2.17. The fourth-order valence-corrected chi connectivity index (χ4v) is 5.30. The van der Waals surface area contributed by atoms with E-state index in [0.717, 1.165) is 28.6 Å². The number of hydrogen-bond donors (Lipinski definition) is 0. The van der Waals surface area contributed by atoms with Gasteiger partial charge in [0.05, 0.1) is 17.0 Å². The number of carbonyl (C=O) groups excluding carboxylic acids is 1. The van der Waals surface area contributed by atoms with E-state index in [4.69, 9.17) is 4.74 Å². The molecule has 2 aliphatic rings. The second-order valence-electron chi connectivity index (χ2n) is 9.77. The third-order valence-electron chi connectivity index (χ3n) is 7.40. The van der Waals surface area contributed by atoms with Crippen LogP contribution in [0.2, 0.25) is 0 Å². The Kier molecular flexibility index (Phi) is 5.76. The molecule has 1 aliphatic carbocycles. The summed E-state index contributed by atoms with van der Waals surface area (Å²) < 4.78 is 8.30. The normalized spacial score (nSPS) is 21.3. The van der Waals surface area contributed by atoms with Crippen molar-refractivity contribution in [3.63, 3.8) is 0 Å². The van der Waals surface area contributed by atoms with Gasteiger partial charge in [0.25, 0.3) is 0 Å². The van der Waals surface area contributed by atoms with Gasteiger partial charge in [-0.15, -0.1) is 0 Å². The topological polar surface area (TPSA) is 47.4 Å². The Morgan fingerprint density at radius 3 is 2.47 bits per heavy atom. The fraction of sp³-hybridized carbons (Fsp3) is 0.481. The summed E-state index contributed by atoms with van der Waals surface area (Å²) in [4.78, 5) is 14.2. The molecule has 2 atom stereocenters. The summed E-state index contributed by atoms with van der Waals surface area (Å²) in [5.41, 5.74) is 4.68. The number of ether oxygens (including phenoxy) is 1. The lowest BCUT2D eigenvalue weighted by molar-refractivity contribution is -0.117. The van der Waals surface area contributed by atoms with E-state index in [2.05, 4.69) is 60.4 Å². The summed E-state index contributed by atoms with van der Waals surface area (Å²) in [6.07, 6.45) is 6.73. The summed E-state index contributed by atoms with van der Waals surface area (Å²) in [7, 11) is 4.15. The third kappa shape index (κ3) is 4.31. The molecule has 2 aromatic carbocycles. The molecule has 1 aliphatic heterocycles. The Labute approximate surface area is 190 Å². The van der Waals surface area contributed by atoms with Crippen molar-refractivity contribution in [2.45, 2.75) is 51.0 Å². The standard InChI is InChI=1S/C27H33N3O2/c1-18(22-8-9-24(31)14-22)32-27-16-23(15-26-25(27)17-30(3)28-26)20-6-4-19(5-7-20)21-10-12-29(2)13-11-21/h4-7,15-18,21-22H,8-14H2,1-3H3/t18-,22+/m1/s1. The minimum Gasteiger partial charge on any atom is -0.490 e. The molecule has 168 valence electrons. The number of aromatic nitrogens is 2. The molecule has 0 radical (unpaired) electrons. The van der Waals surface area contributed by atoms with E-state index in [-0.39, 0.29) is 6.10 Å². The van der Waals surface area contributed by atoms with Gasteiger partial charge >= 0.3 is 0 Å². The first-order chi connectivity index (χ1) is 15.5. The molecule has 1 saturated carbocycles. The Morgan fingerprint density at radius 1 is 1.03 bits per heavy atom. The first-order valence-electron chi connectivity index (χ1n) is 11.9. The van der Waals surface area contributed by atoms with Gasteiger partial charge in [0, 0.05) is 32.0 Å². The number of rotatable bonds is 5. The van der Waals surface area contributed by atoms with Crippen molar-refractivity contribution in [3.8, 4) is 16.9 Å². The lowest BCUT2D eigenvalue weighted by atomic mass is 9.88. The number of benzene rings is 2. The van der Waals surface area contributed by atoms with Gasteiger partial charge in [-0.05, 0) is 81.1 Å². The number of nitrogens with zero attached hydrogens (tertiary/aromatic N) is 3. The van der Waals surface area contributed by atoms with Crippen LogP contribution in [0.4, 0.5) is 0 Å². The molecule has 0 bridgehead atoms. The van der Waals surface area contributed by atoms with Gasteiger partial charge < -0.3 is 9.64 Å². The first kappa shape index (κ1) is 21.2. The molecule has 32 heavy (non-hydrogen) atoms. The van der Waals surface area contributed by atoms with Crippen molar-refractivity contribution in [3.05, 3.63) is 48.2 Å². The highest BCUT2D eigenvalue weighted by Crippen LogP contribution is 2.36. The number of Topliss-reactive ketones (excluding diaryl/α,β-unsaturated/α-hetero) is 1. The van der Waals surface area contributed by atoms with Gasteiger partial charge in [-0.2, -0.15) is 5.10 Å². The van der Waals surface area contributed by atoms with Gasteiger partial charge in [-0.3, -0.25) is 9.48 Å². The van der Waals surface area contributed by atoms with Gasteiger partial charge in [0.1, 0.15) is 11.5 Å². The highest BCUT2D eigenvalue weighted by Gasteiger charge is 2.28. The Bertz CT molecular complexity index is 1110. The van der Waals surface area contributed by atoms with E-state index >= 15 is 0 Å². The summed E-state index contributed by atoms with van der Waals surface area (Å²) in [5, 5.41) is 5.68. The zero-order chi connectivity index (χ0) is 22.2. The van der Waals surface area contributed by atoms with E-state index in [0.29, 0.717) is 30.5 Å². The minimum atomic E-state index is 0.00640. The van der Waals surface area contributed by atoms with Crippen molar-refractivity contribution in [1.29, 1.82) is 0 Å². The molecule has 1 aromatic heterocycles. The monoisotopic (exact) mass is 431 g/mol. The van der Waals surface area contributed by atoms with Gasteiger partial charge in [0.2, 0.25) is 0 Å². The molecule has 5 rings (SSSR count). The van der Waals surface area contributed by atoms with Crippen LogP contribution in [0.25, 0.3) is 22.0 Å². The average Bonchev–Trinajstić information content (AvgIpc) is 3.39. The van der Waals surface area contributed by atoms with Crippen LogP contribution < -0.4 is 4.74 Å². The number of fused-ring (bicyclic) bond motifs is 1. The largest absolute Gasteiger partial charge is 0.490 e. The number of aryl methyl sites for hydroxylation is 1. The van der Waals surface area contributed by atoms with Crippen molar-refractivity contribution < 1.29 is 9.53 Å². The molecule has 0 unspecified atom stereocenters. The molecule has 2 heterocycles. The number of likely N-dealkylation sites (tertiary alicyclic amines) is 1. The zero-order valence-corrected chi connectivity index (χ0v) is 19.4. The molecule has 5 nitrogen and oxygen atoms in total. The highest BCUT2D eigenvalue weighted by atomic mass is 16.5. The Hall–Kier alpha value is -2.66. The van der Waals surface area contributed by atoms with Crippen LogP contribution in [0.15, 0.2) is 42.6 Å². The maximum absolute atomic E-state index is 11.8. The predicted octanol–water partition coefficient (Wildman–Crippen LogP) is 5.19. The van der Waals surface area contributed by atoms with Gasteiger partial charge in [0.15, 0.2) is 0 Å². The maximum Gasteiger partial charge on any atom is 0.133 e. The Balaban J connectivity index is 1.42. The van der Waals surface area contributed by atoms with Crippen molar-refractivity contribution in [2.24, 2.45) is 13.0 Å².